The van der Waals surface area contributed by atoms with Crippen LogP contribution in [0.5, 0.6) is 5.75 Å². The number of methoxy groups -OCH3 is 1. The summed E-state index contributed by atoms with van der Waals surface area (Å²) in [6.07, 6.45) is 3.91. The predicted molar refractivity (Wildman–Crippen MR) is 121 cm³/mol. The molecule has 0 bridgehead atoms. The second-order valence-corrected chi connectivity index (χ2v) is 7.96. The van der Waals surface area contributed by atoms with Gasteiger partial charge < -0.3 is 19.9 Å². The molecule has 7 nitrogen and oxygen atoms in total. The summed E-state index contributed by atoms with van der Waals surface area (Å²) in [4.78, 5) is 4.68. The minimum Gasteiger partial charge on any atom is -0.497 e. The van der Waals surface area contributed by atoms with E-state index in [1.807, 2.05) is 24.5 Å². The molecule has 0 spiro atoms. The van der Waals surface area contributed by atoms with E-state index in [1.54, 1.807) is 18.9 Å². The Bertz CT molecular complexity index is 774. The number of nitrogens with one attached hydrogen (secondary N) is 2. The Hall–Kier alpha value is -2.22. The van der Waals surface area contributed by atoms with E-state index in [-0.39, 0.29) is 0 Å². The first-order valence-corrected chi connectivity index (χ1v) is 11.4. The molecule has 0 aliphatic rings. The number of hydrogen-bond donors (Lipinski definition) is 2. The maximum Gasteiger partial charge on any atom is 0.191 e. The van der Waals surface area contributed by atoms with Crippen LogP contribution in [-0.2, 0) is 19.5 Å². The minimum absolute atomic E-state index is 0.567. The van der Waals surface area contributed by atoms with Crippen LogP contribution >= 0.6 is 11.8 Å². The van der Waals surface area contributed by atoms with E-state index < -0.39 is 0 Å². The summed E-state index contributed by atoms with van der Waals surface area (Å²) in [6, 6.07) is 8.00. The number of rotatable bonds is 11. The molecule has 0 radical (unpaired) electrons. The molecule has 160 valence electrons. The minimum atomic E-state index is 0.567. The average molecular weight is 419 g/mol. The van der Waals surface area contributed by atoms with Gasteiger partial charge in [0.25, 0.3) is 0 Å². The van der Waals surface area contributed by atoms with Gasteiger partial charge in [-0.2, -0.15) is 0 Å². The lowest BCUT2D eigenvalue weighted by Crippen LogP contribution is -2.37. The lowest BCUT2D eigenvalue weighted by atomic mass is 10.2. The van der Waals surface area contributed by atoms with E-state index in [1.165, 1.54) is 0 Å². The molecule has 0 saturated heterocycles. The van der Waals surface area contributed by atoms with Gasteiger partial charge in [-0.25, -0.2) is 4.99 Å². The van der Waals surface area contributed by atoms with Gasteiger partial charge in [-0.1, -0.05) is 37.7 Å². The van der Waals surface area contributed by atoms with E-state index in [0.717, 1.165) is 60.7 Å². The van der Waals surface area contributed by atoms with Crippen LogP contribution in [0.3, 0.4) is 0 Å². The molecular formula is C21H34N6OS. The Morgan fingerprint density at radius 1 is 1.28 bits per heavy atom. The van der Waals surface area contributed by atoms with E-state index in [4.69, 9.17) is 4.74 Å². The zero-order valence-corrected chi connectivity index (χ0v) is 19.1. The second kappa shape index (κ2) is 12.4. The van der Waals surface area contributed by atoms with E-state index >= 15 is 0 Å². The highest BCUT2D eigenvalue weighted by Crippen LogP contribution is 2.16. The van der Waals surface area contributed by atoms with Crippen molar-refractivity contribution in [2.75, 3.05) is 26.5 Å². The molecule has 0 unspecified atom stereocenters. The van der Waals surface area contributed by atoms with Crippen LogP contribution in [0.4, 0.5) is 0 Å². The summed E-state index contributed by atoms with van der Waals surface area (Å²) in [5.74, 6) is 3.30. The highest BCUT2D eigenvalue weighted by molar-refractivity contribution is 7.98. The smallest absolute Gasteiger partial charge is 0.191 e. The molecule has 0 amide bonds. The number of benzene rings is 1. The highest BCUT2D eigenvalue weighted by atomic mass is 32.2. The van der Waals surface area contributed by atoms with Crippen LogP contribution in [0.15, 0.2) is 34.4 Å². The molecule has 0 saturated carbocycles. The molecule has 29 heavy (non-hydrogen) atoms. The highest BCUT2D eigenvalue weighted by Gasteiger charge is 2.12. The fourth-order valence-corrected chi connectivity index (χ4v) is 3.46. The van der Waals surface area contributed by atoms with Gasteiger partial charge in [0.2, 0.25) is 0 Å². The topological polar surface area (TPSA) is 76.4 Å². The number of ether oxygens (including phenoxy) is 1. The molecule has 2 N–H and O–H groups in total. The summed E-state index contributed by atoms with van der Waals surface area (Å²) < 4.78 is 7.53. The Balaban J connectivity index is 1.88. The van der Waals surface area contributed by atoms with Crippen LogP contribution in [0.1, 0.15) is 38.6 Å². The summed E-state index contributed by atoms with van der Waals surface area (Å²) in [5, 5.41) is 16.4. The molecule has 2 aromatic rings. The quantitative estimate of drug-likeness (QED) is 0.252. The van der Waals surface area contributed by atoms with Crippen molar-refractivity contribution in [2.24, 2.45) is 10.9 Å². The third kappa shape index (κ3) is 7.61. The van der Waals surface area contributed by atoms with Gasteiger partial charge in [-0.15, -0.1) is 10.2 Å². The van der Waals surface area contributed by atoms with Crippen LogP contribution in [0.25, 0.3) is 0 Å². The van der Waals surface area contributed by atoms with Gasteiger partial charge in [-0.3, -0.25) is 0 Å². The lowest BCUT2D eigenvalue weighted by molar-refractivity contribution is 0.414. The number of guanidine groups is 1. The third-order valence-corrected chi connectivity index (χ3v) is 4.96. The molecular weight excluding hydrogens is 384 g/mol. The molecule has 1 aromatic heterocycles. The first kappa shape index (κ1) is 23.1. The van der Waals surface area contributed by atoms with Gasteiger partial charge in [-0.05, 0) is 43.2 Å². The van der Waals surface area contributed by atoms with E-state index in [2.05, 4.69) is 57.2 Å². The van der Waals surface area contributed by atoms with Crippen molar-refractivity contribution in [2.45, 2.75) is 51.9 Å². The normalized spacial score (nSPS) is 11.7. The molecule has 0 aliphatic carbocycles. The van der Waals surface area contributed by atoms with E-state index in [9.17, 15) is 0 Å². The Kier molecular flexibility index (Phi) is 9.83. The summed E-state index contributed by atoms with van der Waals surface area (Å²) in [6.45, 7) is 9.72. The number of thioether (sulfide) groups is 1. The van der Waals surface area contributed by atoms with Gasteiger partial charge >= 0.3 is 0 Å². The average Bonchev–Trinajstić information content (AvgIpc) is 3.10. The fraction of sp³-hybridized carbons (Fsp3) is 0.571. The Labute approximate surface area is 178 Å². The SMILES string of the molecule is CCNC(=NCc1cccc(OC)c1)NCCCc1nnc(SC)n1CC(C)C. The maximum atomic E-state index is 5.28. The Morgan fingerprint density at radius 2 is 2.10 bits per heavy atom. The van der Waals surface area contributed by atoms with Crippen LogP contribution in [0, 0.1) is 5.92 Å². The fourth-order valence-electron chi connectivity index (χ4n) is 2.94. The molecule has 1 aromatic carbocycles. The molecule has 8 heteroatoms. The number of aliphatic imine (C=N–C) groups is 1. The van der Waals surface area contributed by atoms with Gasteiger partial charge in [0.05, 0.1) is 13.7 Å². The van der Waals surface area contributed by atoms with Crippen molar-refractivity contribution < 1.29 is 4.74 Å². The number of aryl methyl sites for hydroxylation is 1. The maximum absolute atomic E-state index is 5.28. The molecule has 2 rings (SSSR count). The van der Waals surface area contributed by atoms with Crippen molar-refractivity contribution in [3.63, 3.8) is 0 Å². The number of nitrogens with zero attached hydrogens (tertiary/aromatic N) is 4. The summed E-state index contributed by atoms with van der Waals surface area (Å²) >= 11 is 1.65. The predicted octanol–water partition coefficient (Wildman–Crippen LogP) is 3.35. The lowest BCUT2D eigenvalue weighted by Gasteiger charge is -2.13. The number of hydrogen-bond acceptors (Lipinski definition) is 5. The van der Waals surface area contributed by atoms with Crippen molar-refractivity contribution >= 4 is 17.7 Å². The standard InChI is InChI=1S/C21H34N6OS/c1-6-22-20(24-14-17-9-7-10-18(13-17)28-4)23-12-8-11-19-25-26-21(29-5)27(19)15-16(2)3/h7,9-10,13,16H,6,8,11-12,14-15H2,1-5H3,(H2,22,23,24). The zero-order chi connectivity index (χ0) is 21.1. The van der Waals surface area contributed by atoms with Gasteiger partial charge in [0.15, 0.2) is 11.1 Å². The van der Waals surface area contributed by atoms with Crippen LogP contribution in [0.2, 0.25) is 0 Å². The Morgan fingerprint density at radius 3 is 2.79 bits per heavy atom. The van der Waals surface area contributed by atoms with Crippen LogP contribution in [-0.4, -0.2) is 47.2 Å². The molecule has 0 aliphatic heterocycles. The summed E-state index contributed by atoms with van der Waals surface area (Å²) in [7, 11) is 1.68. The number of aromatic nitrogens is 3. The molecule has 1 heterocycles. The van der Waals surface area contributed by atoms with Crippen molar-refractivity contribution in [1.29, 1.82) is 0 Å². The second-order valence-electron chi connectivity index (χ2n) is 7.18. The summed E-state index contributed by atoms with van der Waals surface area (Å²) in [5.41, 5.74) is 1.12. The monoisotopic (exact) mass is 418 g/mol. The first-order valence-electron chi connectivity index (χ1n) is 10.2. The van der Waals surface area contributed by atoms with Crippen molar-refractivity contribution in [1.82, 2.24) is 25.4 Å². The van der Waals surface area contributed by atoms with Gasteiger partial charge in [0, 0.05) is 26.1 Å². The van der Waals surface area contributed by atoms with E-state index in [0.29, 0.717) is 12.5 Å². The first-order chi connectivity index (χ1) is 14.1. The zero-order valence-electron chi connectivity index (χ0n) is 18.2. The third-order valence-electron chi connectivity index (χ3n) is 4.29. The van der Waals surface area contributed by atoms with Crippen molar-refractivity contribution in [3.8, 4) is 5.75 Å². The largest absolute Gasteiger partial charge is 0.497 e. The van der Waals surface area contributed by atoms with Crippen LogP contribution < -0.4 is 15.4 Å². The molecule has 0 fully saturated rings. The van der Waals surface area contributed by atoms with Gasteiger partial charge in [0.1, 0.15) is 11.6 Å². The van der Waals surface area contributed by atoms with Crippen molar-refractivity contribution in [3.05, 3.63) is 35.7 Å². The molecule has 0 atom stereocenters.